The maximum atomic E-state index is 4.38. The van der Waals surface area contributed by atoms with Gasteiger partial charge in [0.2, 0.25) is 0 Å². The quantitative estimate of drug-likeness (QED) is 0.661. The van der Waals surface area contributed by atoms with Crippen LogP contribution in [-0.2, 0) is 6.42 Å². The standard InChI is InChI=1S/C15H26N2/c1-3-5-6-9-14(16-4-2)11-12-15-10-7-8-13-17-15/h7-8,10,13-14,16H,3-6,9,11-12H2,1-2H3. The Bertz CT molecular complexity index is 272. The summed E-state index contributed by atoms with van der Waals surface area (Å²) in [6.07, 6.45) is 9.48. The van der Waals surface area contributed by atoms with E-state index in [1.807, 2.05) is 12.3 Å². The highest BCUT2D eigenvalue weighted by molar-refractivity contribution is 5.03. The predicted octanol–water partition coefficient (Wildman–Crippen LogP) is 3.57. The van der Waals surface area contributed by atoms with Crippen molar-refractivity contribution in [3.05, 3.63) is 30.1 Å². The SMILES string of the molecule is CCCCCC(CCc1ccccn1)NCC. The maximum absolute atomic E-state index is 4.38. The molecule has 0 radical (unpaired) electrons. The molecule has 1 atom stereocenters. The summed E-state index contributed by atoms with van der Waals surface area (Å²) in [4.78, 5) is 4.38. The number of pyridine rings is 1. The highest BCUT2D eigenvalue weighted by atomic mass is 14.9. The first-order chi connectivity index (χ1) is 8.36. The Labute approximate surface area is 106 Å². The number of rotatable bonds is 9. The van der Waals surface area contributed by atoms with E-state index >= 15 is 0 Å². The molecule has 17 heavy (non-hydrogen) atoms. The number of hydrogen-bond acceptors (Lipinski definition) is 2. The zero-order chi connectivity index (χ0) is 12.3. The number of hydrogen-bond donors (Lipinski definition) is 1. The largest absolute Gasteiger partial charge is 0.314 e. The summed E-state index contributed by atoms with van der Waals surface area (Å²) in [5.41, 5.74) is 1.21. The van der Waals surface area contributed by atoms with Crippen molar-refractivity contribution in [1.82, 2.24) is 10.3 Å². The number of aromatic nitrogens is 1. The first-order valence-electron chi connectivity index (χ1n) is 7.00. The molecule has 1 aromatic heterocycles. The lowest BCUT2D eigenvalue weighted by atomic mass is 10.0. The third-order valence-electron chi connectivity index (χ3n) is 3.12. The van der Waals surface area contributed by atoms with Gasteiger partial charge in [0.15, 0.2) is 0 Å². The Morgan fingerprint density at radius 3 is 2.71 bits per heavy atom. The van der Waals surface area contributed by atoms with Gasteiger partial charge in [-0.1, -0.05) is 39.2 Å². The van der Waals surface area contributed by atoms with Crippen molar-refractivity contribution in [2.45, 2.75) is 58.4 Å². The molecule has 0 bridgehead atoms. The van der Waals surface area contributed by atoms with Crippen LogP contribution in [0.2, 0.25) is 0 Å². The minimum atomic E-state index is 0.661. The van der Waals surface area contributed by atoms with Crippen molar-refractivity contribution in [3.8, 4) is 0 Å². The molecule has 0 aliphatic carbocycles. The van der Waals surface area contributed by atoms with Gasteiger partial charge in [-0.15, -0.1) is 0 Å². The summed E-state index contributed by atoms with van der Waals surface area (Å²) in [6.45, 7) is 5.52. The Morgan fingerprint density at radius 1 is 1.18 bits per heavy atom. The Morgan fingerprint density at radius 2 is 2.06 bits per heavy atom. The highest BCUT2D eigenvalue weighted by Crippen LogP contribution is 2.09. The number of aryl methyl sites for hydroxylation is 1. The van der Waals surface area contributed by atoms with Crippen LogP contribution in [0.3, 0.4) is 0 Å². The maximum Gasteiger partial charge on any atom is 0.0404 e. The minimum absolute atomic E-state index is 0.661. The topological polar surface area (TPSA) is 24.9 Å². The number of unbranched alkanes of at least 4 members (excludes halogenated alkanes) is 2. The third-order valence-corrected chi connectivity index (χ3v) is 3.12. The molecule has 0 amide bonds. The molecule has 0 spiro atoms. The van der Waals surface area contributed by atoms with Gasteiger partial charge in [-0.3, -0.25) is 4.98 Å². The first-order valence-corrected chi connectivity index (χ1v) is 7.00. The normalized spacial score (nSPS) is 12.6. The Kier molecular flexibility index (Phi) is 7.65. The van der Waals surface area contributed by atoms with Crippen molar-refractivity contribution in [3.63, 3.8) is 0 Å². The molecule has 1 heterocycles. The molecular weight excluding hydrogens is 208 g/mol. The van der Waals surface area contributed by atoms with Crippen LogP contribution in [0, 0.1) is 0 Å². The van der Waals surface area contributed by atoms with Gasteiger partial charge in [0.05, 0.1) is 0 Å². The van der Waals surface area contributed by atoms with Gasteiger partial charge in [-0.05, 0) is 37.9 Å². The molecule has 1 rings (SSSR count). The zero-order valence-electron chi connectivity index (χ0n) is 11.3. The van der Waals surface area contributed by atoms with Gasteiger partial charge < -0.3 is 5.32 Å². The lowest BCUT2D eigenvalue weighted by Crippen LogP contribution is -2.29. The van der Waals surface area contributed by atoms with Crippen LogP contribution in [0.15, 0.2) is 24.4 Å². The molecule has 1 unspecified atom stereocenters. The van der Waals surface area contributed by atoms with E-state index in [-0.39, 0.29) is 0 Å². The molecular formula is C15H26N2. The van der Waals surface area contributed by atoms with E-state index in [0.717, 1.165) is 13.0 Å². The molecule has 0 aliphatic rings. The molecule has 0 fully saturated rings. The van der Waals surface area contributed by atoms with Crippen molar-refractivity contribution < 1.29 is 0 Å². The average molecular weight is 234 g/mol. The van der Waals surface area contributed by atoms with Crippen LogP contribution in [0.4, 0.5) is 0 Å². The molecule has 2 nitrogen and oxygen atoms in total. The molecule has 1 aromatic rings. The van der Waals surface area contributed by atoms with Crippen LogP contribution in [0.5, 0.6) is 0 Å². The number of nitrogens with zero attached hydrogens (tertiary/aromatic N) is 1. The van der Waals surface area contributed by atoms with Crippen molar-refractivity contribution in [1.29, 1.82) is 0 Å². The second kappa shape index (κ2) is 9.17. The van der Waals surface area contributed by atoms with Crippen LogP contribution >= 0.6 is 0 Å². The van der Waals surface area contributed by atoms with E-state index < -0.39 is 0 Å². The third kappa shape index (κ3) is 6.42. The summed E-state index contributed by atoms with van der Waals surface area (Å²) < 4.78 is 0. The number of nitrogens with one attached hydrogen (secondary N) is 1. The smallest absolute Gasteiger partial charge is 0.0404 e. The van der Waals surface area contributed by atoms with Crippen molar-refractivity contribution >= 4 is 0 Å². The second-order valence-electron chi connectivity index (χ2n) is 4.61. The van der Waals surface area contributed by atoms with E-state index in [4.69, 9.17) is 0 Å². The molecule has 0 saturated heterocycles. The van der Waals surface area contributed by atoms with Crippen LogP contribution < -0.4 is 5.32 Å². The lowest BCUT2D eigenvalue weighted by Gasteiger charge is -2.17. The van der Waals surface area contributed by atoms with E-state index in [1.165, 1.54) is 37.8 Å². The fraction of sp³-hybridized carbons (Fsp3) is 0.667. The average Bonchev–Trinajstić information content (AvgIpc) is 2.37. The van der Waals surface area contributed by atoms with Crippen LogP contribution in [-0.4, -0.2) is 17.6 Å². The van der Waals surface area contributed by atoms with Gasteiger partial charge in [-0.2, -0.15) is 0 Å². The molecule has 1 N–H and O–H groups in total. The van der Waals surface area contributed by atoms with Crippen LogP contribution in [0.1, 0.15) is 51.6 Å². The van der Waals surface area contributed by atoms with Gasteiger partial charge in [0.1, 0.15) is 0 Å². The Balaban J connectivity index is 2.28. The monoisotopic (exact) mass is 234 g/mol. The van der Waals surface area contributed by atoms with Gasteiger partial charge in [0.25, 0.3) is 0 Å². The van der Waals surface area contributed by atoms with Crippen molar-refractivity contribution in [2.75, 3.05) is 6.54 Å². The van der Waals surface area contributed by atoms with E-state index in [0.29, 0.717) is 6.04 Å². The van der Waals surface area contributed by atoms with E-state index in [2.05, 4.69) is 36.3 Å². The van der Waals surface area contributed by atoms with Crippen LogP contribution in [0.25, 0.3) is 0 Å². The predicted molar refractivity (Wildman–Crippen MR) is 74.2 cm³/mol. The van der Waals surface area contributed by atoms with Gasteiger partial charge in [-0.25, -0.2) is 0 Å². The summed E-state index contributed by atoms with van der Waals surface area (Å²) >= 11 is 0. The van der Waals surface area contributed by atoms with E-state index in [9.17, 15) is 0 Å². The fourth-order valence-corrected chi connectivity index (χ4v) is 2.15. The summed E-state index contributed by atoms with van der Waals surface area (Å²) in [5, 5.41) is 3.58. The second-order valence-corrected chi connectivity index (χ2v) is 4.61. The Hall–Kier alpha value is -0.890. The fourth-order valence-electron chi connectivity index (χ4n) is 2.15. The summed E-state index contributed by atoms with van der Waals surface area (Å²) in [7, 11) is 0. The summed E-state index contributed by atoms with van der Waals surface area (Å²) in [5.74, 6) is 0. The molecule has 0 aliphatic heterocycles. The summed E-state index contributed by atoms with van der Waals surface area (Å²) in [6, 6.07) is 6.83. The lowest BCUT2D eigenvalue weighted by molar-refractivity contribution is 0.442. The first kappa shape index (κ1) is 14.2. The molecule has 2 heteroatoms. The molecule has 96 valence electrons. The van der Waals surface area contributed by atoms with Crippen molar-refractivity contribution in [2.24, 2.45) is 0 Å². The molecule has 0 saturated carbocycles. The van der Waals surface area contributed by atoms with Gasteiger partial charge in [0, 0.05) is 17.9 Å². The minimum Gasteiger partial charge on any atom is -0.314 e. The van der Waals surface area contributed by atoms with E-state index in [1.54, 1.807) is 0 Å². The molecule has 0 aromatic carbocycles. The zero-order valence-corrected chi connectivity index (χ0v) is 11.3. The van der Waals surface area contributed by atoms with Gasteiger partial charge >= 0.3 is 0 Å². The highest BCUT2D eigenvalue weighted by Gasteiger charge is 2.07.